The van der Waals surface area contributed by atoms with Gasteiger partial charge in [0.1, 0.15) is 0 Å². The van der Waals surface area contributed by atoms with E-state index in [1.165, 1.54) is 5.56 Å². The van der Waals surface area contributed by atoms with Gasteiger partial charge in [0, 0.05) is 24.2 Å². The third kappa shape index (κ3) is 3.97. The van der Waals surface area contributed by atoms with Crippen molar-refractivity contribution < 1.29 is 0 Å². The van der Waals surface area contributed by atoms with Crippen LogP contribution in [0.4, 0.5) is 0 Å². The number of nitrogens with zero attached hydrogens (tertiary/aromatic N) is 1. The molecular formula is C13H19ClN2. The van der Waals surface area contributed by atoms with Crippen LogP contribution in [0.5, 0.6) is 0 Å². The molecule has 0 spiro atoms. The fourth-order valence-electron chi connectivity index (χ4n) is 1.49. The molecule has 3 heteroatoms. The third-order valence-corrected chi connectivity index (χ3v) is 2.96. The highest BCUT2D eigenvalue weighted by Gasteiger charge is 2.09. The maximum absolute atomic E-state index is 5.86. The van der Waals surface area contributed by atoms with Crippen molar-refractivity contribution in [2.24, 2.45) is 5.73 Å². The quantitative estimate of drug-likeness (QED) is 0.800. The summed E-state index contributed by atoms with van der Waals surface area (Å²) < 4.78 is 0. The van der Waals surface area contributed by atoms with Crippen LogP contribution in [0, 0.1) is 0 Å². The molecule has 1 aromatic rings. The van der Waals surface area contributed by atoms with Gasteiger partial charge in [0.2, 0.25) is 0 Å². The van der Waals surface area contributed by atoms with E-state index in [-0.39, 0.29) is 0 Å². The minimum atomic E-state index is 0.375. The molecule has 0 radical (unpaired) electrons. The molecular weight excluding hydrogens is 220 g/mol. The molecule has 0 aliphatic carbocycles. The van der Waals surface area contributed by atoms with Crippen LogP contribution in [-0.2, 0) is 0 Å². The van der Waals surface area contributed by atoms with Gasteiger partial charge >= 0.3 is 0 Å². The van der Waals surface area contributed by atoms with Gasteiger partial charge in [-0.25, -0.2) is 0 Å². The van der Waals surface area contributed by atoms with Crippen LogP contribution in [0.1, 0.15) is 18.5 Å². The molecule has 1 aromatic carbocycles. The zero-order chi connectivity index (χ0) is 12.0. The van der Waals surface area contributed by atoms with Crippen molar-refractivity contribution in [1.29, 1.82) is 0 Å². The number of likely N-dealkylation sites (N-methyl/N-ethyl adjacent to an activating group) is 1. The number of halogens is 1. The Morgan fingerprint density at radius 3 is 2.50 bits per heavy atom. The zero-order valence-corrected chi connectivity index (χ0v) is 10.6. The summed E-state index contributed by atoms with van der Waals surface area (Å²) in [5.41, 5.74) is 6.67. The van der Waals surface area contributed by atoms with Crippen molar-refractivity contribution >= 4 is 11.6 Å². The molecule has 1 rings (SSSR count). The van der Waals surface area contributed by atoms with Crippen LogP contribution < -0.4 is 5.73 Å². The fourth-order valence-corrected chi connectivity index (χ4v) is 1.62. The van der Waals surface area contributed by atoms with Crippen molar-refractivity contribution in [3.8, 4) is 0 Å². The van der Waals surface area contributed by atoms with Crippen LogP contribution in [0.2, 0.25) is 5.02 Å². The van der Waals surface area contributed by atoms with Gasteiger partial charge in [-0.1, -0.05) is 35.9 Å². The minimum Gasteiger partial charge on any atom is -0.327 e. The summed E-state index contributed by atoms with van der Waals surface area (Å²) in [6.07, 6.45) is 4.07. The number of benzene rings is 1. The molecule has 1 unspecified atom stereocenters. The van der Waals surface area contributed by atoms with Crippen LogP contribution in [-0.4, -0.2) is 25.0 Å². The molecule has 0 saturated heterocycles. The number of hydrogen-bond acceptors (Lipinski definition) is 2. The lowest BCUT2D eigenvalue weighted by Gasteiger charge is -2.23. The standard InChI is InChI=1S/C13H19ClN2/c1-11(16(2)10-4-3-9-15)12-5-7-13(14)8-6-12/h3-8,11H,9-10,15H2,1-2H3. The topological polar surface area (TPSA) is 29.3 Å². The number of rotatable bonds is 5. The maximum atomic E-state index is 5.86. The normalized spacial score (nSPS) is 13.6. The Morgan fingerprint density at radius 1 is 1.31 bits per heavy atom. The van der Waals surface area contributed by atoms with Gasteiger partial charge in [0.15, 0.2) is 0 Å². The minimum absolute atomic E-state index is 0.375. The lowest BCUT2D eigenvalue weighted by atomic mass is 10.1. The number of nitrogens with two attached hydrogens (primary N) is 1. The predicted octanol–water partition coefficient (Wildman–Crippen LogP) is 2.85. The van der Waals surface area contributed by atoms with E-state index in [1.54, 1.807) is 0 Å². The van der Waals surface area contributed by atoms with Crippen LogP contribution in [0.15, 0.2) is 36.4 Å². The average molecular weight is 239 g/mol. The Kier molecular flexibility index (Phi) is 5.53. The van der Waals surface area contributed by atoms with E-state index in [2.05, 4.69) is 37.1 Å². The van der Waals surface area contributed by atoms with E-state index in [1.807, 2.05) is 18.2 Å². The molecule has 0 aliphatic heterocycles. The molecule has 2 nitrogen and oxygen atoms in total. The molecule has 2 N–H and O–H groups in total. The maximum Gasteiger partial charge on any atom is 0.0406 e. The van der Waals surface area contributed by atoms with Crippen molar-refractivity contribution in [2.75, 3.05) is 20.1 Å². The van der Waals surface area contributed by atoms with Gasteiger partial charge in [-0.3, -0.25) is 4.90 Å². The molecule has 1 atom stereocenters. The second-order valence-electron chi connectivity index (χ2n) is 3.87. The average Bonchev–Trinajstić information content (AvgIpc) is 2.29. The van der Waals surface area contributed by atoms with Crippen LogP contribution >= 0.6 is 11.6 Å². The second-order valence-corrected chi connectivity index (χ2v) is 4.31. The Bertz CT molecular complexity index is 332. The van der Waals surface area contributed by atoms with Crippen molar-refractivity contribution in [3.63, 3.8) is 0 Å². The number of hydrogen-bond donors (Lipinski definition) is 1. The first-order valence-electron chi connectivity index (χ1n) is 5.46. The first kappa shape index (κ1) is 13.2. The Labute approximate surface area is 103 Å². The molecule has 88 valence electrons. The van der Waals surface area contributed by atoms with E-state index >= 15 is 0 Å². The van der Waals surface area contributed by atoms with E-state index in [4.69, 9.17) is 17.3 Å². The van der Waals surface area contributed by atoms with Crippen LogP contribution in [0.3, 0.4) is 0 Å². The largest absolute Gasteiger partial charge is 0.327 e. The van der Waals surface area contributed by atoms with Gasteiger partial charge in [-0.2, -0.15) is 0 Å². The lowest BCUT2D eigenvalue weighted by Crippen LogP contribution is -2.22. The first-order chi connectivity index (χ1) is 7.65. The highest BCUT2D eigenvalue weighted by Crippen LogP contribution is 2.20. The van der Waals surface area contributed by atoms with Gasteiger partial charge in [0.05, 0.1) is 0 Å². The highest BCUT2D eigenvalue weighted by atomic mass is 35.5. The predicted molar refractivity (Wildman–Crippen MR) is 70.7 cm³/mol. The van der Waals surface area contributed by atoms with E-state index in [9.17, 15) is 0 Å². The Morgan fingerprint density at radius 2 is 1.94 bits per heavy atom. The molecule has 0 aromatic heterocycles. The van der Waals surface area contributed by atoms with Gasteiger partial charge < -0.3 is 5.73 Å². The summed E-state index contributed by atoms with van der Waals surface area (Å²) in [5, 5.41) is 0.779. The molecule has 0 fully saturated rings. The van der Waals surface area contributed by atoms with Gasteiger partial charge in [-0.05, 0) is 31.7 Å². The zero-order valence-electron chi connectivity index (χ0n) is 9.86. The summed E-state index contributed by atoms with van der Waals surface area (Å²) in [6.45, 7) is 3.68. The lowest BCUT2D eigenvalue weighted by molar-refractivity contribution is 0.289. The van der Waals surface area contributed by atoms with E-state index in [0.29, 0.717) is 12.6 Å². The third-order valence-electron chi connectivity index (χ3n) is 2.71. The van der Waals surface area contributed by atoms with Gasteiger partial charge in [0.25, 0.3) is 0 Å². The SMILES string of the molecule is CC(c1ccc(Cl)cc1)N(C)CC=CCN. The van der Waals surface area contributed by atoms with Crippen molar-refractivity contribution in [2.45, 2.75) is 13.0 Å². The van der Waals surface area contributed by atoms with Crippen LogP contribution in [0.25, 0.3) is 0 Å². The monoisotopic (exact) mass is 238 g/mol. The van der Waals surface area contributed by atoms with E-state index in [0.717, 1.165) is 11.6 Å². The summed E-state index contributed by atoms with van der Waals surface area (Å²) in [7, 11) is 2.10. The molecule has 0 amide bonds. The van der Waals surface area contributed by atoms with Crippen molar-refractivity contribution in [3.05, 3.63) is 47.0 Å². The molecule has 16 heavy (non-hydrogen) atoms. The van der Waals surface area contributed by atoms with E-state index < -0.39 is 0 Å². The molecule has 0 heterocycles. The molecule has 0 bridgehead atoms. The first-order valence-corrected chi connectivity index (χ1v) is 5.83. The second kappa shape index (κ2) is 6.69. The summed E-state index contributed by atoms with van der Waals surface area (Å²) in [5.74, 6) is 0. The summed E-state index contributed by atoms with van der Waals surface area (Å²) in [6, 6.07) is 8.36. The Balaban J connectivity index is 2.59. The van der Waals surface area contributed by atoms with Gasteiger partial charge in [-0.15, -0.1) is 0 Å². The summed E-state index contributed by atoms with van der Waals surface area (Å²) >= 11 is 5.86. The molecule has 0 aliphatic rings. The summed E-state index contributed by atoms with van der Waals surface area (Å²) in [4.78, 5) is 2.26. The smallest absolute Gasteiger partial charge is 0.0406 e. The molecule has 0 saturated carbocycles. The van der Waals surface area contributed by atoms with Crippen molar-refractivity contribution in [1.82, 2.24) is 4.90 Å². The highest BCUT2D eigenvalue weighted by molar-refractivity contribution is 6.30. The fraction of sp³-hybridized carbons (Fsp3) is 0.385. The Hall–Kier alpha value is -0.830.